The van der Waals surface area contributed by atoms with Gasteiger partial charge in [-0.15, -0.1) is 0 Å². The predicted octanol–water partition coefficient (Wildman–Crippen LogP) is 0.800. The number of aliphatic hydroxyl groups excluding tert-OH is 2. The van der Waals surface area contributed by atoms with Gasteiger partial charge >= 0.3 is 11.9 Å². The van der Waals surface area contributed by atoms with Crippen molar-refractivity contribution in [1.82, 2.24) is 0 Å². The van der Waals surface area contributed by atoms with Crippen LogP contribution in [0.1, 0.15) is 30.6 Å². The monoisotopic (exact) mass is 300 g/mol. The van der Waals surface area contributed by atoms with E-state index in [1.165, 1.54) is 12.1 Å². The van der Waals surface area contributed by atoms with Gasteiger partial charge in [-0.3, -0.25) is 9.59 Å². The normalized spacial score (nSPS) is 13.5. The number of aliphatic carboxylic acids is 1. The molecule has 0 fully saturated rings. The first kappa shape index (κ1) is 17.1. The average Bonchev–Trinajstić information content (AvgIpc) is 2.37. The lowest BCUT2D eigenvalue weighted by molar-refractivity contribution is -0.147. The molecule has 1 rings (SSSR count). The summed E-state index contributed by atoms with van der Waals surface area (Å²) < 4.78 is 18.4. The number of ether oxygens (including phenoxy) is 1. The van der Waals surface area contributed by atoms with E-state index in [0.29, 0.717) is 0 Å². The zero-order valence-electron chi connectivity index (χ0n) is 11.5. The second kappa shape index (κ2) is 7.70. The number of hydrogen-bond acceptors (Lipinski definition) is 5. The van der Waals surface area contributed by atoms with E-state index in [4.69, 9.17) is 5.11 Å². The molecule has 116 valence electrons. The first-order chi connectivity index (χ1) is 9.85. The van der Waals surface area contributed by atoms with E-state index < -0.39 is 36.4 Å². The smallest absolute Gasteiger partial charge is 0.308 e. The molecule has 0 bridgehead atoms. The summed E-state index contributed by atoms with van der Waals surface area (Å²) in [5, 5.41) is 28.2. The molecule has 0 saturated carbocycles. The van der Waals surface area contributed by atoms with Crippen molar-refractivity contribution in [1.29, 1.82) is 0 Å². The zero-order chi connectivity index (χ0) is 16.0. The van der Waals surface area contributed by atoms with E-state index in [0.717, 1.165) is 6.07 Å². The second-order valence-corrected chi connectivity index (χ2v) is 4.45. The highest BCUT2D eigenvalue weighted by molar-refractivity contribution is 5.70. The highest BCUT2D eigenvalue weighted by Crippen LogP contribution is 2.23. The van der Waals surface area contributed by atoms with Crippen molar-refractivity contribution in [2.75, 3.05) is 6.61 Å². The van der Waals surface area contributed by atoms with E-state index in [1.54, 1.807) is 6.92 Å². The van der Waals surface area contributed by atoms with E-state index in [9.17, 15) is 24.2 Å². The molecule has 0 amide bonds. The highest BCUT2D eigenvalue weighted by Gasteiger charge is 2.24. The first-order valence-electron chi connectivity index (χ1n) is 6.37. The average molecular weight is 300 g/mol. The molecule has 0 aliphatic carbocycles. The maximum Gasteiger partial charge on any atom is 0.308 e. The van der Waals surface area contributed by atoms with Crippen LogP contribution in [-0.4, -0.2) is 40.0 Å². The van der Waals surface area contributed by atoms with Crippen LogP contribution in [0.5, 0.6) is 0 Å². The number of halogens is 1. The summed E-state index contributed by atoms with van der Waals surface area (Å²) in [4.78, 5) is 21.7. The Bertz CT molecular complexity index is 516. The Morgan fingerprint density at radius 3 is 2.52 bits per heavy atom. The SMILES string of the molecule is CCOC(=O)CC(O)C(O)c1ccc(CC(=O)O)cc1F. The Kier molecular flexibility index (Phi) is 6.26. The Morgan fingerprint density at radius 1 is 1.33 bits per heavy atom. The number of benzene rings is 1. The molecule has 0 aromatic heterocycles. The molecule has 7 heteroatoms. The van der Waals surface area contributed by atoms with Crippen molar-refractivity contribution < 1.29 is 34.0 Å². The summed E-state index contributed by atoms with van der Waals surface area (Å²) in [7, 11) is 0. The number of carboxylic acids is 1. The number of carbonyl (C=O) groups is 2. The fourth-order valence-corrected chi connectivity index (χ4v) is 1.80. The van der Waals surface area contributed by atoms with Crippen LogP contribution in [0.3, 0.4) is 0 Å². The number of carboxylic acid groups (broad SMARTS) is 1. The van der Waals surface area contributed by atoms with Crippen LogP contribution in [0.2, 0.25) is 0 Å². The lowest BCUT2D eigenvalue weighted by Crippen LogP contribution is -2.24. The van der Waals surface area contributed by atoms with Gasteiger partial charge in [0.15, 0.2) is 0 Å². The minimum Gasteiger partial charge on any atom is -0.481 e. The van der Waals surface area contributed by atoms with E-state index >= 15 is 0 Å². The van der Waals surface area contributed by atoms with Crippen molar-refractivity contribution in [3.8, 4) is 0 Å². The first-order valence-corrected chi connectivity index (χ1v) is 6.37. The molecule has 3 N–H and O–H groups in total. The van der Waals surface area contributed by atoms with Gasteiger partial charge in [-0.05, 0) is 18.6 Å². The van der Waals surface area contributed by atoms with Crippen LogP contribution in [0.15, 0.2) is 18.2 Å². The van der Waals surface area contributed by atoms with Crippen LogP contribution in [-0.2, 0) is 20.7 Å². The molecule has 0 spiro atoms. The van der Waals surface area contributed by atoms with Gasteiger partial charge in [0.05, 0.1) is 25.6 Å². The summed E-state index contributed by atoms with van der Waals surface area (Å²) in [5.41, 5.74) is 0.0248. The molecular weight excluding hydrogens is 283 g/mol. The number of hydrogen-bond donors (Lipinski definition) is 3. The van der Waals surface area contributed by atoms with Crippen LogP contribution >= 0.6 is 0 Å². The van der Waals surface area contributed by atoms with Gasteiger partial charge in [-0.2, -0.15) is 0 Å². The number of esters is 1. The number of carbonyl (C=O) groups excluding carboxylic acids is 1. The Labute approximate surface area is 120 Å². The van der Waals surface area contributed by atoms with Gasteiger partial charge in [-0.25, -0.2) is 4.39 Å². The van der Waals surface area contributed by atoms with Gasteiger partial charge in [-0.1, -0.05) is 12.1 Å². The van der Waals surface area contributed by atoms with Gasteiger partial charge in [0.25, 0.3) is 0 Å². The number of aliphatic hydroxyl groups is 2. The van der Waals surface area contributed by atoms with Crippen LogP contribution in [0.25, 0.3) is 0 Å². The van der Waals surface area contributed by atoms with Crippen molar-refractivity contribution in [2.45, 2.75) is 32.0 Å². The summed E-state index contributed by atoms with van der Waals surface area (Å²) >= 11 is 0. The summed E-state index contributed by atoms with van der Waals surface area (Å²) in [6, 6.07) is 3.50. The van der Waals surface area contributed by atoms with Crippen molar-refractivity contribution >= 4 is 11.9 Å². The Hall–Kier alpha value is -1.99. The number of rotatable bonds is 7. The Morgan fingerprint density at radius 2 is 2.00 bits per heavy atom. The largest absolute Gasteiger partial charge is 0.481 e. The molecule has 0 heterocycles. The summed E-state index contributed by atoms with van der Waals surface area (Å²) in [6.07, 6.45) is -3.93. The van der Waals surface area contributed by atoms with Crippen molar-refractivity contribution in [3.63, 3.8) is 0 Å². The second-order valence-electron chi connectivity index (χ2n) is 4.45. The predicted molar refractivity (Wildman–Crippen MR) is 70.0 cm³/mol. The minimum absolute atomic E-state index is 0.139. The lowest BCUT2D eigenvalue weighted by Gasteiger charge is -2.18. The standard InChI is InChI=1S/C14H17FO6/c1-2-21-13(19)7-11(16)14(20)9-4-3-8(5-10(9)15)6-12(17)18/h3-5,11,14,16,20H,2,6-7H2,1H3,(H,17,18). The van der Waals surface area contributed by atoms with Gasteiger partial charge in [0, 0.05) is 5.56 Å². The van der Waals surface area contributed by atoms with E-state index in [1.807, 2.05) is 0 Å². The zero-order valence-corrected chi connectivity index (χ0v) is 11.5. The molecule has 2 atom stereocenters. The van der Waals surface area contributed by atoms with Crippen LogP contribution < -0.4 is 0 Å². The fraction of sp³-hybridized carbons (Fsp3) is 0.429. The third-order valence-corrected chi connectivity index (χ3v) is 2.78. The summed E-state index contributed by atoms with van der Waals surface area (Å²) in [5.74, 6) is -2.65. The minimum atomic E-state index is -1.60. The lowest BCUT2D eigenvalue weighted by atomic mass is 9.99. The molecule has 2 unspecified atom stereocenters. The van der Waals surface area contributed by atoms with Crippen molar-refractivity contribution in [2.24, 2.45) is 0 Å². The maximum absolute atomic E-state index is 13.8. The molecule has 0 saturated heterocycles. The Balaban J connectivity index is 2.79. The third-order valence-electron chi connectivity index (χ3n) is 2.78. The quantitative estimate of drug-likeness (QED) is 0.643. The molecule has 0 aliphatic rings. The van der Waals surface area contributed by atoms with Crippen molar-refractivity contribution in [3.05, 3.63) is 35.1 Å². The molecule has 21 heavy (non-hydrogen) atoms. The molecular formula is C14H17FO6. The topological polar surface area (TPSA) is 104 Å². The molecule has 1 aromatic rings. The van der Waals surface area contributed by atoms with Gasteiger partial charge in [0.1, 0.15) is 11.9 Å². The highest BCUT2D eigenvalue weighted by atomic mass is 19.1. The summed E-state index contributed by atoms with van der Waals surface area (Å²) in [6.45, 7) is 1.74. The molecule has 0 aliphatic heterocycles. The van der Waals surface area contributed by atoms with Gasteiger partial charge in [0.2, 0.25) is 0 Å². The van der Waals surface area contributed by atoms with E-state index in [2.05, 4.69) is 4.74 Å². The molecule has 0 radical (unpaired) electrons. The van der Waals surface area contributed by atoms with Crippen LogP contribution in [0.4, 0.5) is 4.39 Å². The third kappa shape index (κ3) is 5.13. The fourth-order valence-electron chi connectivity index (χ4n) is 1.80. The maximum atomic E-state index is 13.8. The molecule has 6 nitrogen and oxygen atoms in total. The van der Waals surface area contributed by atoms with Gasteiger partial charge < -0.3 is 20.1 Å². The van der Waals surface area contributed by atoms with E-state index in [-0.39, 0.29) is 24.2 Å². The molecule has 1 aromatic carbocycles. The van der Waals surface area contributed by atoms with Crippen LogP contribution in [0, 0.1) is 5.82 Å².